The molecule has 0 spiro atoms. The Labute approximate surface area is 111 Å². The molecule has 6 heteroatoms. The number of nitrogens with one attached hydrogen (secondary N) is 2. The Balaban J connectivity index is 1.91. The number of nitrogens with zero attached hydrogens (tertiary/aromatic N) is 1. The molecular weight excluding hydrogens is 246 g/mol. The third-order valence-corrected chi connectivity index (χ3v) is 3.16. The molecule has 2 amide bonds. The van der Waals surface area contributed by atoms with Gasteiger partial charge in [-0.1, -0.05) is 13.3 Å². The number of hydrogen-bond donors (Lipinski definition) is 3. The van der Waals surface area contributed by atoms with E-state index in [0.29, 0.717) is 5.92 Å². The summed E-state index contributed by atoms with van der Waals surface area (Å²) in [6.45, 7) is 2.12. The number of pyridine rings is 1. The molecule has 1 aromatic heterocycles. The van der Waals surface area contributed by atoms with Crippen molar-refractivity contribution in [2.75, 3.05) is 5.32 Å². The molecule has 6 nitrogen and oxygen atoms in total. The van der Waals surface area contributed by atoms with E-state index >= 15 is 0 Å². The van der Waals surface area contributed by atoms with Crippen molar-refractivity contribution in [3.63, 3.8) is 0 Å². The lowest BCUT2D eigenvalue weighted by molar-refractivity contribution is 0.0692. The monoisotopic (exact) mass is 263 g/mol. The normalized spacial score (nSPS) is 20.7. The van der Waals surface area contributed by atoms with Crippen molar-refractivity contribution in [3.05, 3.63) is 24.0 Å². The van der Waals surface area contributed by atoms with Crippen LogP contribution in [0.3, 0.4) is 0 Å². The van der Waals surface area contributed by atoms with E-state index in [0.717, 1.165) is 19.3 Å². The predicted octanol–water partition coefficient (Wildman–Crippen LogP) is 2.09. The van der Waals surface area contributed by atoms with Gasteiger partial charge in [0.15, 0.2) is 5.69 Å². The van der Waals surface area contributed by atoms with Gasteiger partial charge in [-0.25, -0.2) is 14.6 Å². The Morgan fingerprint density at radius 3 is 3.00 bits per heavy atom. The van der Waals surface area contributed by atoms with Crippen LogP contribution in [-0.4, -0.2) is 28.1 Å². The summed E-state index contributed by atoms with van der Waals surface area (Å²) < 4.78 is 0. The molecule has 1 aromatic rings. The zero-order chi connectivity index (χ0) is 13.8. The summed E-state index contributed by atoms with van der Waals surface area (Å²) in [5, 5.41) is 14.3. The van der Waals surface area contributed by atoms with Crippen molar-refractivity contribution < 1.29 is 14.7 Å². The fraction of sp³-hybridized carbons (Fsp3) is 0.462. The van der Waals surface area contributed by atoms with Crippen LogP contribution >= 0.6 is 0 Å². The summed E-state index contributed by atoms with van der Waals surface area (Å²) >= 11 is 0. The Morgan fingerprint density at radius 1 is 1.53 bits per heavy atom. The maximum atomic E-state index is 11.7. The predicted molar refractivity (Wildman–Crippen MR) is 70.2 cm³/mol. The molecule has 1 fully saturated rings. The minimum atomic E-state index is -1.16. The van der Waals surface area contributed by atoms with Crippen LogP contribution in [-0.2, 0) is 0 Å². The Hall–Kier alpha value is -2.11. The van der Waals surface area contributed by atoms with Gasteiger partial charge in [-0.3, -0.25) is 0 Å². The average molecular weight is 263 g/mol. The second kappa shape index (κ2) is 5.69. The van der Waals surface area contributed by atoms with Crippen LogP contribution in [0.25, 0.3) is 0 Å². The summed E-state index contributed by atoms with van der Waals surface area (Å²) in [5.41, 5.74) is 0.0544. The van der Waals surface area contributed by atoms with E-state index in [4.69, 9.17) is 5.11 Å². The van der Waals surface area contributed by atoms with E-state index in [1.807, 2.05) is 0 Å². The van der Waals surface area contributed by atoms with Crippen molar-refractivity contribution >= 4 is 17.7 Å². The van der Waals surface area contributed by atoms with Crippen LogP contribution in [0.2, 0.25) is 0 Å². The molecule has 2 atom stereocenters. The van der Waals surface area contributed by atoms with Gasteiger partial charge in [0.05, 0.1) is 5.69 Å². The molecule has 0 radical (unpaired) electrons. The summed E-state index contributed by atoms with van der Waals surface area (Å²) in [4.78, 5) is 26.4. The molecule has 0 aromatic carbocycles. The molecule has 0 aliphatic heterocycles. The van der Waals surface area contributed by atoms with Crippen molar-refractivity contribution in [2.45, 2.75) is 32.2 Å². The first-order chi connectivity index (χ1) is 9.11. The molecule has 1 saturated carbocycles. The number of urea groups is 1. The quantitative estimate of drug-likeness (QED) is 0.758. The number of aromatic carboxylic acids is 1. The van der Waals surface area contributed by atoms with Gasteiger partial charge in [0.25, 0.3) is 0 Å². The number of carbonyl (C=O) groups excluding carboxylic acids is 1. The lowest BCUT2D eigenvalue weighted by Crippen LogP contribution is -2.32. The van der Waals surface area contributed by atoms with E-state index in [1.54, 1.807) is 6.07 Å². The summed E-state index contributed by atoms with van der Waals surface area (Å²) in [5.74, 6) is -0.602. The van der Waals surface area contributed by atoms with Crippen LogP contribution in [0.1, 0.15) is 36.7 Å². The van der Waals surface area contributed by atoms with Crippen LogP contribution in [0, 0.1) is 5.92 Å². The molecule has 1 heterocycles. The Bertz CT molecular complexity index is 490. The van der Waals surface area contributed by atoms with Gasteiger partial charge in [-0.05, 0) is 30.9 Å². The highest BCUT2D eigenvalue weighted by atomic mass is 16.4. The molecule has 2 unspecified atom stereocenters. The molecule has 3 N–H and O–H groups in total. The van der Waals surface area contributed by atoms with Crippen molar-refractivity contribution in [3.8, 4) is 0 Å². The third-order valence-electron chi connectivity index (χ3n) is 3.16. The van der Waals surface area contributed by atoms with Gasteiger partial charge < -0.3 is 15.7 Å². The number of amides is 2. The number of hydrogen-bond acceptors (Lipinski definition) is 3. The maximum absolute atomic E-state index is 11.7. The first kappa shape index (κ1) is 13.3. The lowest BCUT2D eigenvalue weighted by atomic mass is 10.2. The zero-order valence-corrected chi connectivity index (χ0v) is 10.7. The first-order valence-electron chi connectivity index (χ1n) is 6.37. The molecule has 102 valence electrons. The van der Waals surface area contributed by atoms with Gasteiger partial charge in [0, 0.05) is 12.2 Å². The van der Waals surface area contributed by atoms with E-state index in [-0.39, 0.29) is 23.5 Å². The van der Waals surface area contributed by atoms with Gasteiger partial charge in [0.2, 0.25) is 0 Å². The molecule has 1 aliphatic carbocycles. The molecule has 0 saturated heterocycles. The minimum Gasteiger partial charge on any atom is -0.476 e. The SMILES string of the molecule is CCCC1CC1NC(=O)Nc1cccnc1C(=O)O. The first-order valence-corrected chi connectivity index (χ1v) is 6.37. The lowest BCUT2D eigenvalue weighted by Gasteiger charge is -2.08. The highest BCUT2D eigenvalue weighted by molar-refractivity contribution is 5.98. The minimum absolute atomic E-state index is 0.154. The van der Waals surface area contributed by atoms with Crippen LogP contribution in [0.5, 0.6) is 0 Å². The standard InChI is InChI=1S/C13H17N3O3/c1-2-4-8-7-10(8)16-13(19)15-9-5-3-6-14-11(9)12(17)18/h3,5-6,8,10H,2,4,7H2,1H3,(H,17,18)(H2,15,16,19). The fourth-order valence-corrected chi connectivity index (χ4v) is 2.12. The summed E-state index contributed by atoms with van der Waals surface area (Å²) in [6.07, 6.45) is 4.60. The smallest absolute Gasteiger partial charge is 0.356 e. The highest BCUT2D eigenvalue weighted by Crippen LogP contribution is 2.34. The molecule has 1 aliphatic rings. The second-order valence-electron chi connectivity index (χ2n) is 4.69. The largest absolute Gasteiger partial charge is 0.476 e. The van der Waals surface area contributed by atoms with E-state index in [1.165, 1.54) is 12.3 Å². The van der Waals surface area contributed by atoms with Crippen LogP contribution in [0.4, 0.5) is 10.5 Å². The number of carbonyl (C=O) groups is 2. The summed E-state index contributed by atoms with van der Waals surface area (Å²) in [6, 6.07) is 2.94. The topological polar surface area (TPSA) is 91.3 Å². The van der Waals surface area contributed by atoms with Crippen LogP contribution < -0.4 is 10.6 Å². The fourth-order valence-electron chi connectivity index (χ4n) is 2.12. The van der Waals surface area contributed by atoms with Crippen molar-refractivity contribution in [1.29, 1.82) is 0 Å². The van der Waals surface area contributed by atoms with E-state index in [9.17, 15) is 9.59 Å². The number of rotatable bonds is 5. The maximum Gasteiger partial charge on any atom is 0.356 e. The van der Waals surface area contributed by atoms with Gasteiger partial charge >= 0.3 is 12.0 Å². The van der Waals surface area contributed by atoms with Gasteiger partial charge in [0.1, 0.15) is 0 Å². The number of carboxylic acid groups (broad SMARTS) is 1. The van der Waals surface area contributed by atoms with Crippen molar-refractivity contribution in [2.24, 2.45) is 5.92 Å². The number of carboxylic acids is 1. The van der Waals surface area contributed by atoms with Gasteiger partial charge in [-0.2, -0.15) is 0 Å². The van der Waals surface area contributed by atoms with E-state index < -0.39 is 5.97 Å². The molecule has 0 bridgehead atoms. The molecule has 19 heavy (non-hydrogen) atoms. The summed E-state index contributed by atoms with van der Waals surface area (Å²) in [7, 11) is 0. The van der Waals surface area contributed by atoms with Crippen molar-refractivity contribution in [1.82, 2.24) is 10.3 Å². The van der Waals surface area contributed by atoms with E-state index in [2.05, 4.69) is 22.5 Å². The molecule has 2 rings (SSSR count). The number of aromatic nitrogens is 1. The highest BCUT2D eigenvalue weighted by Gasteiger charge is 2.37. The number of anilines is 1. The van der Waals surface area contributed by atoms with Gasteiger partial charge in [-0.15, -0.1) is 0 Å². The Morgan fingerprint density at radius 2 is 2.32 bits per heavy atom. The average Bonchev–Trinajstić information content (AvgIpc) is 3.07. The Kier molecular flexibility index (Phi) is 3.99. The molecular formula is C13H17N3O3. The van der Waals surface area contributed by atoms with Crippen LogP contribution in [0.15, 0.2) is 18.3 Å². The third kappa shape index (κ3) is 3.43. The zero-order valence-electron chi connectivity index (χ0n) is 10.7. The second-order valence-corrected chi connectivity index (χ2v) is 4.69.